The van der Waals surface area contributed by atoms with Gasteiger partial charge in [-0.1, -0.05) is 48.0 Å². The van der Waals surface area contributed by atoms with Gasteiger partial charge in [0.25, 0.3) is 0 Å². The lowest BCUT2D eigenvalue weighted by Gasteiger charge is -2.08. The molecule has 0 spiro atoms. The van der Waals surface area contributed by atoms with Crippen molar-refractivity contribution in [2.45, 2.75) is 19.8 Å². The maximum Gasteiger partial charge on any atom is 0.303 e. The zero-order valence-electron chi connectivity index (χ0n) is 15.0. The quantitative estimate of drug-likeness (QED) is 0.574. The first kappa shape index (κ1) is 17.0. The molecule has 0 unspecified atom stereocenters. The number of aromatic nitrogens is 3. The van der Waals surface area contributed by atoms with Crippen molar-refractivity contribution in [2.24, 2.45) is 0 Å². The predicted molar refractivity (Wildman–Crippen MR) is 105 cm³/mol. The molecular formula is C22H19N3O2. The molecule has 0 saturated carbocycles. The molecule has 0 aliphatic carbocycles. The van der Waals surface area contributed by atoms with Gasteiger partial charge in [-0.3, -0.25) is 4.79 Å². The van der Waals surface area contributed by atoms with Crippen molar-refractivity contribution >= 4 is 16.9 Å². The van der Waals surface area contributed by atoms with Crippen LogP contribution in [0.4, 0.5) is 0 Å². The van der Waals surface area contributed by atoms with Crippen LogP contribution in [0, 0.1) is 6.92 Å². The molecule has 2 aromatic carbocycles. The number of carboxylic acid groups (broad SMARTS) is 1. The lowest BCUT2D eigenvalue weighted by atomic mass is 10.1. The van der Waals surface area contributed by atoms with Gasteiger partial charge >= 0.3 is 5.97 Å². The maximum absolute atomic E-state index is 10.9. The van der Waals surface area contributed by atoms with E-state index in [1.807, 2.05) is 61.5 Å². The summed E-state index contributed by atoms with van der Waals surface area (Å²) in [5.74, 6) is -0.115. The summed E-state index contributed by atoms with van der Waals surface area (Å²) in [6.45, 7) is 2.05. The fourth-order valence-corrected chi connectivity index (χ4v) is 3.07. The number of aryl methyl sites for hydroxylation is 2. The van der Waals surface area contributed by atoms with Crippen molar-refractivity contribution in [1.82, 2.24) is 14.8 Å². The molecule has 4 rings (SSSR count). The first-order valence-corrected chi connectivity index (χ1v) is 8.84. The van der Waals surface area contributed by atoms with Crippen LogP contribution >= 0.6 is 0 Å². The van der Waals surface area contributed by atoms with Crippen LogP contribution in [-0.4, -0.2) is 25.8 Å². The molecule has 0 aliphatic rings. The highest BCUT2D eigenvalue weighted by Gasteiger charge is 2.14. The van der Waals surface area contributed by atoms with Crippen LogP contribution in [0.15, 0.2) is 66.7 Å². The van der Waals surface area contributed by atoms with Crippen LogP contribution in [0.1, 0.15) is 17.7 Å². The number of para-hydroxylation sites is 1. The lowest BCUT2D eigenvalue weighted by molar-refractivity contribution is -0.136. The van der Waals surface area contributed by atoms with E-state index in [0.717, 1.165) is 27.9 Å². The molecule has 4 aromatic rings. The second-order valence-corrected chi connectivity index (χ2v) is 6.55. The summed E-state index contributed by atoms with van der Waals surface area (Å²) in [6.07, 6.45) is 0.435. The number of hydrogen-bond acceptors (Lipinski definition) is 3. The van der Waals surface area contributed by atoms with Crippen LogP contribution in [0.25, 0.3) is 28.0 Å². The van der Waals surface area contributed by atoms with Crippen molar-refractivity contribution in [2.75, 3.05) is 0 Å². The monoisotopic (exact) mass is 357 g/mol. The van der Waals surface area contributed by atoms with Gasteiger partial charge in [-0.2, -0.15) is 5.10 Å². The molecule has 1 N–H and O–H groups in total. The van der Waals surface area contributed by atoms with Crippen LogP contribution in [0.2, 0.25) is 0 Å². The molecule has 5 nitrogen and oxygen atoms in total. The summed E-state index contributed by atoms with van der Waals surface area (Å²) in [4.78, 5) is 15.7. The normalized spacial score (nSPS) is 11.0. The van der Waals surface area contributed by atoms with Gasteiger partial charge in [0.05, 0.1) is 23.3 Å². The number of pyridine rings is 1. The highest BCUT2D eigenvalue weighted by atomic mass is 16.4. The molecule has 0 radical (unpaired) electrons. The number of carboxylic acids is 1. The fourth-order valence-electron chi connectivity index (χ4n) is 3.07. The van der Waals surface area contributed by atoms with E-state index in [-0.39, 0.29) is 6.42 Å². The average Bonchev–Trinajstić information content (AvgIpc) is 3.11. The maximum atomic E-state index is 10.9. The molecule has 0 atom stereocenters. The summed E-state index contributed by atoms with van der Waals surface area (Å²) >= 11 is 0. The molecule has 2 aromatic heterocycles. The minimum atomic E-state index is -0.828. The zero-order chi connectivity index (χ0) is 18.8. The summed E-state index contributed by atoms with van der Waals surface area (Å²) in [7, 11) is 0. The third-order valence-electron chi connectivity index (χ3n) is 4.50. The molecule has 27 heavy (non-hydrogen) atoms. The zero-order valence-corrected chi connectivity index (χ0v) is 15.0. The van der Waals surface area contributed by atoms with E-state index in [0.29, 0.717) is 12.2 Å². The van der Waals surface area contributed by atoms with E-state index in [9.17, 15) is 4.79 Å². The molecular weight excluding hydrogens is 338 g/mol. The van der Waals surface area contributed by atoms with Crippen molar-refractivity contribution in [3.8, 4) is 17.1 Å². The Hall–Kier alpha value is -3.47. The summed E-state index contributed by atoms with van der Waals surface area (Å²) in [5.41, 5.74) is 4.73. The van der Waals surface area contributed by atoms with Crippen molar-refractivity contribution in [1.29, 1.82) is 0 Å². The molecule has 0 fully saturated rings. The lowest BCUT2D eigenvalue weighted by Crippen LogP contribution is -2.03. The Morgan fingerprint density at radius 3 is 2.59 bits per heavy atom. The summed E-state index contributed by atoms with van der Waals surface area (Å²) < 4.78 is 1.80. The molecule has 0 saturated heterocycles. The number of hydrogen-bond donors (Lipinski definition) is 1. The standard InChI is InChI=1S/C22H19N3O2/c1-15-6-8-17(9-7-15)20-14-18(11-13-22(26)27)24-25(20)21-12-10-16-4-2-3-5-19(16)23-21/h2-10,12,14H,11,13H2,1H3,(H,26,27). The van der Waals surface area contributed by atoms with E-state index in [2.05, 4.69) is 17.2 Å². The predicted octanol–water partition coefficient (Wildman–Crippen LogP) is 4.41. The Morgan fingerprint density at radius 1 is 1.04 bits per heavy atom. The summed E-state index contributed by atoms with van der Waals surface area (Å²) in [6, 6.07) is 22.0. The van der Waals surface area contributed by atoms with Crippen molar-refractivity contribution in [3.05, 3.63) is 78.0 Å². The number of nitrogens with zero attached hydrogens (tertiary/aromatic N) is 3. The minimum absolute atomic E-state index is 0.0511. The highest BCUT2D eigenvalue weighted by molar-refractivity contribution is 5.79. The van der Waals surface area contributed by atoms with Gasteiger partial charge in [-0.15, -0.1) is 0 Å². The molecule has 134 valence electrons. The van der Waals surface area contributed by atoms with Crippen LogP contribution in [0.5, 0.6) is 0 Å². The van der Waals surface area contributed by atoms with Gasteiger partial charge in [-0.25, -0.2) is 9.67 Å². The van der Waals surface area contributed by atoms with Gasteiger partial charge < -0.3 is 5.11 Å². The number of carbonyl (C=O) groups is 1. The fraction of sp³-hybridized carbons (Fsp3) is 0.136. The first-order chi connectivity index (χ1) is 13.1. The largest absolute Gasteiger partial charge is 0.481 e. The third-order valence-corrected chi connectivity index (χ3v) is 4.50. The van der Waals surface area contributed by atoms with Crippen LogP contribution < -0.4 is 0 Å². The smallest absolute Gasteiger partial charge is 0.303 e. The molecule has 5 heteroatoms. The Bertz CT molecular complexity index is 1110. The van der Waals surface area contributed by atoms with Gasteiger partial charge in [0.1, 0.15) is 0 Å². The topological polar surface area (TPSA) is 68.0 Å². The van der Waals surface area contributed by atoms with Gasteiger partial charge in [0.15, 0.2) is 5.82 Å². The second-order valence-electron chi connectivity index (χ2n) is 6.55. The van der Waals surface area contributed by atoms with Crippen molar-refractivity contribution < 1.29 is 9.90 Å². The Kier molecular flexibility index (Phi) is 4.42. The first-order valence-electron chi connectivity index (χ1n) is 8.84. The van der Waals surface area contributed by atoms with Crippen LogP contribution in [0.3, 0.4) is 0 Å². The molecule has 2 heterocycles. The van der Waals surface area contributed by atoms with E-state index in [1.165, 1.54) is 5.56 Å². The second kappa shape index (κ2) is 7.03. The van der Waals surface area contributed by atoms with Crippen LogP contribution in [-0.2, 0) is 11.2 Å². The number of aliphatic carboxylic acids is 1. The SMILES string of the molecule is Cc1ccc(-c2cc(CCC(=O)O)nn2-c2ccc3ccccc3n2)cc1. The number of rotatable bonds is 5. The highest BCUT2D eigenvalue weighted by Crippen LogP contribution is 2.25. The van der Waals surface area contributed by atoms with Gasteiger partial charge in [0, 0.05) is 17.4 Å². The Labute approximate surface area is 156 Å². The van der Waals surface area contributed by atoms with E-state index in [1.54, 1.807) is 4.68 Å². The van der Waals surface area contributed by atoms with Crippen molar-refractivity contribution in [3.63, 3.8) is 0 Å². The van der Waals surface area contributed by atoms with E-state index >= 15 is 0 Å². The van der Waals surface area contributed by atoms with E-state index < -0.39 is 5.97 Å². The molecule has 0 bridgehead atoms. The minimum Gasteiger partial charge on any atom is -0.481 e. The number of benzene rings is 2. The van der Waals surface area contributed by atoms with Gasteiger partial charge in [-0.05, 0) is 31.2 Å². The molecule has 0 amide bonds. The third kappa shape index (κ3) is 3.58. The molecule has 0 aliphatic heterocycles. The number of fused-ring (bicyclic) bond motifs is 1. The Morgan fingerprint density at radius 2 is 1.81 bits per heavy atom. The summed E-state index contributed by atoms with van der Waals surface area (Å²) in [5, 5.41) is 14.7. The van der Waals surface area contributed by atoms with E-state index in [4.69, 9.17) is 10.1 Å². The van der Waals surface area contributed by atoms with Gasteiger partial charge in [0.2, 0.25) is 0 Å². The average molecular weight is 357 g/mol. The Balaban J connectivity index is 1.83.